The molecule has 0 saturated carbocycles. The maximum absolute atomic E-state index is 5.65. The van der Waals surface area contributed by atoms with Gasteiger partial charge in [0.2, 0.25) is 0 Å². The molecule has 1 aromatic heterocycles. The molecule has 0 atom stereocenters. The number of nitrogens with two attached hydrogens (primary N) is 1. The summed E-state index contributed by atoms with van der Waals surface area (Å²) >= 11 is 0. The first-order valence-corrected chi connectivity index (χ1v) is 6.10. The lowest BCUT2D eigenvalue weighted by molar-refractivity contribution is 0.382. The minimum absolute atomic E-state index is 0.251. The number of hydrogen-bond acceptors (Lipinski definition) is 6. The number of benzene rings is 1. The Balaban J connectivity index is 2.31. The number of ether oxygens (including phenoxy) is 3. The van der Waals surface area contributed by atoms with Gasteiger partial charge in [-0.2, -0.15) is 4.98 Å². The molecule has 0 aliphatic carbocycles. The van der Waals surface area contributed by atoms with Gasteiger partial charge in [-0.25, -0.2) is 4.98 Å². The van der Waals surface area contributed by atoms with Crippen molar-refractivity contribution in [2.24, 2.45) is 5.73 Å². The zero-order chi connectivity index (χ0) is 14.5. The summed E-state index contributed by atoms with van der Waals surface area (Å²) < 4.78 is 16.0. The SMILES string of the molecule is COc1cc(OC)cc(Oc2nc(C)cc(CN)n2)c1. The second-order valence-corrected chi connectivity index (χ2v) is 4.14. The molecule has 20 heavy (non-hydrogen) atoms. The minimum Gasteiger partial charge on any atom is -0.496 e. The largest absolute Gasteiger partial charge is 0.496 e. The lowest BCUT2D eigenvalue weighted by atomic mass is 10.3. The van der Waals surface area contributed by atoms with Crippen molar-refractivity contribution in [2.45, 2.75) is 13.5 Å². The summed E-state index contributed by atoms with van der Waals surface area (Å²) in [5, 5.41) is 0. The first-order valence-electron chi connectivity index (χ1n) is 6.10. The summed E-state index contributed by atoms with van der Waals surface area (Å²) in [6.07, 6.45) is 0. The molecule has 0 amide bonds. The molecule has 1 heterocycles. The smallest absolute Gasteiger partial charge is 0.322 e. The van der Waals surface area contributed by atoms with Gasteiger partial charge in [0.05, 0.1) is 19.9 Å². The summed E-state index contributed by atoms with van der Waals surface area (Å²) in [4.78, 5) is 8.44. The van der Waals surface area contributed by atoms with Crippen LogP contribution in [0.1, 0.15) is 11.4 Å². The zero-order valence-corrected chi connectivity index (χ0v) is 11.7. The van der Waals surface area contributed by atoms with Crippen LogP contribution in [0.4, 0.5) is 0 Å². The Hall–Kier alpha value is -2.34. The number of rotatable bonds is 5. The van der Waals surface area contributed by atoms with E-state index in [-0.39, 0.29) is 6.01 Å². The molecule has 6 heteroatoms. The summed E-state index contributed by atoms with van der Waals surface area (Å²) in [6, 6.07) is 7.29. The van der Waals surface area contributed by atoms with Crippen molar-refractivity contribution in [2.75, 3.05) is 14.2 Å². The maximum atomic E-state index is 5.65. The fourth-order valence-electron chi connectivity index (χ4n) is 1.70. The highest BCUT2D eigenvalue weighted by Gasteiger charge is 2.07. The highest BCUT2D eigenvalue weighted by molar-refractivity contribution is 5.42. The van der Waals surface area contributed by atoms with E-state index in [1.807, 2.05) is 13.0 Å². The van der Waals surface area contributed by atoms with E-state index in [4.69, 9.17) is 19.9 Å². The quantitative estimate of drug-likeness (QED) is 0.899. The average Bonchev–Trinajstić information content (AvgIpc) is 2.46. The predicted octanol–water partition coefficient (Wildman–Crippen LogP) is 2.05. The third-order valence-corrected chi connectivity index (χ3v) is 2.63. The van der Waals surface area contributed by atoms with Crippen LogP contribution in [0.3, 0.4) is 0 Å². The second kappa shape index (κ2) is 6.21. The first kappa shape index (κ1) is 14.1. The lowest BCUT2D eigenvalue weighted by Crippen LogP contribution is -2.03. The monoisotopic (exact) mass is 275 g/mol. The van der Waals surface area contributed by atoms with Crippen molar-refractivity contribution in [1.82, 2.24) is 9.97 Å². The van der Waals surface area contributed by atoms with Crippen LogP contribution in [0.2, 0.25) is 0 Å². The third-order valence-electron chi connectivity index (χ3n) is 2.63. The van der Waals surface area contributed by atoms with E-state index >= 15 is 0 Å². The molecule has 2 N–H and O–H groups in total. The molecule has 0 bridgehead atoms. The van der Waals surface area contributed by atoms with E-state index in [9.17, 15) is 0 Å². The highest BCUT2D eigenvalue weighted by Crippen LogP contribution is 2.29. The van der Waals surface area contributed by atoms with Crippen LogP contribution in [-0.2, 0) is 6.54 Å². The lowest BCUT2D eigenvalue weighted by Gasteiger charge is -2.09. The van der Waals surface area contributed by atoms with E-state index in [1.54, 1.807) is 32.4 Å². The molecular formula is C14H17N3O3. The summed E-state index contributed by atoms with van der Waals surface area (Å²) in [5.41, 5.74) is 7.11. The standard InChI is InChI=1S/C14H17N3O3/c1-9-4-10(8-15)17-14(16-9)20-13-6-11(18-2)5-12(7-13)19-3/h4-7H,8,15H2,1-3H3. The van der Waals surface area contributed by atoms with Crippen molar-refractivity contribution < 1.29 is 14.2 Å². The van der Waals surface area contributed by atoms with Crippen LogP contribution < -0.4 is 19.9 Å². The maximum Gasteiger partial charge on any atom is 0.322 e. The molecule has 6 nitrogen and oxygen atoms in total. The number of hydrogen-bond donors (Lipinski definition) is 1. The molecule has 0 aliphatic rings. The van der Waals surface area contributed by atoms with Gasteiger partial charge in [0.25, 0.3) is 0 Å². The van der Waals surface area contributed by atoms with E-state index in [0.717, 1.165) is 11.4 Å². The Bertz CT molecular complexity index is 580. The molecule has 0 fully saturated rings. The molecule has 0 aliphatic heterocycles. The van der Waals surface area contributed by atoms with E-state index in [1.165, 1.54) is 0 Å². The van der Waals surface area contributed by atoms with Gasteiger partial charge in [0.1, 0.15) is 17.2 Å². The summed E-state index contributed by atoms with van der Waals surface area (Å²) in [6.45, 7) is 2.20. The fraction of sp³-hybridized carbons (Fsp3) is 0.286. The van der Waals surface area contributed by atoms with Crippen LogP contribution in [0.15, 0.2) is 24.3 Å². The molecule has 0 saturated heterocycles. The molecule has 2 aromatic rings. The second-order valence-electron chi connectivity index (χ2n) is 4.14. The van der Waals surface area contributed by atoms with Crippen LogP contribution in [-0.4, -0.2) is 24.2 Å². The van der Waals surface area contributed by atoms with Gasteiger partial charge in [-0.05, 0) is 13.0 Å². The Labute approximate surface area is 117 Å². The molecule has 1 aromatic carbocycles. The molecule has 2 rings (SSSR count). The van der Waals surface area contributed by atoms with E-state index in [2.05, 4.69) is 9.97 Å². The number of nitrogens with zero attached hydrogens (tertiary/aromatic N) is 2. The van der Waals surface area contributed by atoms with Gasteiger partial charge >= 0.3 is 6.01 Å². The van der Waals surface area contributed by atoms with Gasteiger partial charge in [0.15, 0.2) is 0 Å². The fourth-order valence-corrected chi connectivity index (χ4v) is 1.70. The van der Waals surface area contributed by atoms with Gasteiger partial charge in [-0.3, -0.25) is 0 Å². The third kappa shape index (κ3) is 3.36. The van der Waals surface area contributed by atoms with Crippen molar-refractivity contribution in [1.29, 1.82) is 0 Å². The van der Waals surface area contributed by atoms with Gasteiger partial charge in [-0.15, -0.1) is 0 Å². The zero-order valence-electron chi connectivity index (χ0n) is 11.7. The van der Waals surface area contributed by atoms with Crippen LogP contribution in [0.25, 0.3) is 0 Å². The highest BCUT2D eigenvalue weighted by atomic mass is 16.5. The van der Waals surface area contributed by atoms with E-state index < -0.39 is 0 Å². The Morgan fingerprint density at radius 2 is 1.55 bits per heavy atom. The van der Waals surface area contributed by atoms with Crippen molar-refractivity contribution in [3.8, 4) is 23.3 Å². The Kier molecular flexibility index (Phi) is 4.37. The van der Waals surface area contributed by atoms with Gasteiger partial charge in [-0.1, -0.05) is 0 Å². The van der Waals surface area contributed by atoms with Crippen molar-refractivity contribution in [3.63, 3.8) is 0 Å². The van der Waals surface area contributed by atoms with Crippen LogP contribution >= 0.6 is 0 Å². The molecule has 106 valence electrons. The van der Waals surface area contributed by atoms with Gasteiger partial charge < -0.3 is 19.9 Å². The van der Waals surface area contributed by atoms with Crippen molar-refractivity contribution in [3.05, 3.63) is 35.7 Å². The summed E-state index contributed by atoms with van der Waals surface area (Å²) in [7, 11) is 3.16. The molecule has 0 radical (unpaired) electrons. The normalized spacial score (nSPS) is 10.2. The van der Waals surface area contributed by atoms with Gasteiger partial charge in [0, 0.05) is 30.4 Å². The average molecular weight is 275 g/mol. The Morgan fingerprint density at radius 3 is 2.10 bits per heavy atom. The number of aromatic nitrogens is 2. The van der Waals surface area contributed by atoms with Crippen LogP contribution in [0, 0.1) is 6.92 Å². The van der Waals surface area contributed by atoms with E-state index in [0.29, 0.717) is 23.8 Å². The topological polar surface area (TPSA) is 79.5 Å². The van der Waals surface area contributed by atoms with Crippen molar-refractivity contribution >= 4 is 0 Å². The Morgan fingerprint density at radius 1 is 0.950 bits per heavy atom. The molecule has 0 unspecified atom stereocenters. The number of aryl methyl sites for hydroxylation is 1. The predicted molar refractivity (Wildman–Crippen MR) is 74.3 cm³/mol. The molecule has 0 spiro atoms. The molecular weight excluding hydrogens is 258 g/mol. The number of methoxy groups -OCH3 is 2. The minimum atomic E-state index is 0.251. The first-order chi connectivity index (χ1) is 9.64. The summed E-state index contributed by atoms with van der Waals surface area (Å²) in [5.74, 6) is 1.80. The van der Waals surface area contributed by atoms with Crippen LogP contribution in [0.5, 0.6) is 23.3 Å².